The van der Waals surface area contributed by atoms with E-state index in [1.54, 1.807) is 5.70 Å². The molecule has 3 atom stereocenters. The summed E-state index contributed by atoms with van der Waals surface area (Å²) in [6, 6.07) is 0.625. The maximum atomic E-state index is 2.62. The number of nitrogens with zero attached hydrogens (tertiary/aromatic N) is 1. The fourth-order valence-electron chi connectivity index (χ4n) is 3.10. The molecule has 0 aliphatic carbocycles. The number of hydrogen-bond acceptors (Lipinski definition) is 1. The normalized spacial score (nSPS) is 31.9. The first-order valence-corrected chi connectivity index (χ1v) is 6.32. The van der Waals surface area contributed by atoms with Gasteiger partial charge in [0, 0.05) is 11.7 Å². The van der Waals surface area contributed by atoms with Crippen LogP contribution in [0.5, 0.6) is 0 Å². The average molecular weight is 207 g/mol. The van der Waals surface area contributed by atoms with E-state index in [0.29, 0.717) is 17.9 Å². The van der Waals surface area contributed by atoms with Crippen LogP contribution in [0.25, 0.3) is 0 Å². The number of hydrogen-bond donors (Lipinski definition) is 0. The molecule has 0 aromatic carbocycles. The third kappa shape index (κ3) is 2.40. The SMILES string of the molecule is CC(C)=C1C(C)C(C)BC(C)N1C(C)C. The van der Waals surface area contributed by atoms with E-state index in [1.165, 1.54) is 12.9 Å². The van der Waals surface area contributed by atoms with Gasteiger partial charge in [-0.25, -0.2) is 0 Å². The van der Waals surface area contributed by atoms with Gasteiger partial charge in [0.15, 0.2) is 7.28 Å². The van der Waals surface area contributed by atoms with Crippen molar-refractivity contribution in [2.45, 2.75) is 66.3 Å². The number of allylic oxidation sites excluding steroid dienone is 2. The van der Waals surface area contributed by atoms with Gasteiger partial charge in [0.25, 0.3) is 0 Å². The predicted molar refractivity (Wildman–Crippen MR) is 70.5 cm³/mol. The summed E-state index contributed by atoms with van der Waals surface area (Å²) in [5.41, 5.74) is 3.09. The minimum absolute atomic E-state index is 0.625. The van der Waals surface area contributed by atoms with Gasteiger partial charge in [-0.15, -0.1) is 0 Å². The van der Waals surface area contributed by atoms with E-state index in [9.17, 15) is 0 Å². The van der Waals surface area contributed by atoms with Crippen molar-refractivity contribution in [2.24, 2.45) is 5.92 Å². The molecule has 0 aromatic rings. The van der Waals surface area contributed by atoms with Crippen LogP contribution in [-0.2, 0) is 0 Å². The van der Waals surface area contributed by atoms with Crippen LogP contribution in [0.4, 0.5) is 0 Å². The predicted octanol–water partition coefficient (Wildman–Crippen LogP) is 3.23. The van der Waals surface area contributed by atoms with Gasteiger partial charge in [-0.2, -0.15) is 0 Å². The monoisotopic (exact) mass is 207 g/mol. The fraction of sp³-hybridized carbons (Fsp3) is 0.846. The first-order valence-electron chi connectivity index (χ1n) is 6.32. The molecule has 1 nitrogen and oxygen atoms in total. The van der Waals surface area contributed by atoms with Crippen molar-refractivity contribution in [3.05, 3.63) is 11.3 Å². The third-order valence-electron chi connectivity index (χ3n) is 3.82. The van der Waals surface area contributed by atoms with Gasteiger partial charge in [0.05, 0.1) is 0 Å². The molecule has 1 fully saturated rings. The Morgan fingerprint density at radius 2 is 1.73 bits per heavy atom. The average Bonchev–Trinajstić information content (AvgIpc) is 2.09. The lowest BCUT2D eigenvalue weighted by Crippen LogP contribution is -2.49. The summed E-state index contributed by atoms with van der Waals surface area (Å²) in [6.45, 7) is 16.3. The molecule has 15 heavy (non-hydrogen) atoms. The molecule has 0 spiro atoms. The fourth-order valence-corrected chi connectivity index (χ4v) is 3.10. The highest BCUT2D eigenvalue weighted by molar-refractivity contribution is 6.40. The van der Waals surface area contributed by atoms with Crippen molar-refractivity contribution < 1.29 is 0 Å². The van der Waals surface area contributed by atoms with E-state index in [2.05, 4.69) is 53.4 Å². The van der Waals surface area contributed by atoms with Crippen molar-refractivity contribution in [3.63, 3.8) is 0 Å². The lowest BCUT2D eigenvalue weighted by atomic mass is 9.51. The van der Waals surface area contributed by atoms with Crippen LogP contribution in [0.2, 0.25) is 5.82 Å². The molecule has 0 amide bonds. The molecule has 1 aliphatic heterocycles. The van der Waals surface area contributed by atoms with Crippen LogP contribution >= 0.6 is 0 Å². The molecule has 86 valence electrons. The van der Waals surface area contributed by atoms with Gasteiger partial charge in [-0.1, -0.05) is 32.2 Å². The molecule has 1 saturated heterocycles. The van der Waals surface area contributed by atoms with Crippen molar-refractivity contribution in [2.75, 3.05) is 0 Å². The van der Waals surface area contributed by atoms with Crippen LogP contribution in [-0.4, -0.2) is 24.2 Å². The molecule has 2 heteroatoms. The third-order valence-corrected chi connectivity index (χ3v) is 3.82. The second kappa shape index (κ2) is 4.63. The maximum Gasteiger partial charge on any atom is 0.152 e. The second-order valence-electron chi connectivity index (χ2n) is 5.74. The van der Waals surface area contributed by atoms with E-state index in [0.717, 1.165) is 5.82 Å². The summed E-state index contributed by atoms with van der Waals surface area (Å²) >= 11 is 0. The van der Waals surface area contributed by atoms with Crippen LogP contribution in [0.15, 0.2) is 11.3 Å². The molecule has 3 unspecified atom stereocenters. The second-order valence-corrected chi connectivity index (χ2v) is 5.74. The number of rotatable bonds is 1. The Morgan fingerprint density at radius 3 is 2.13 bits per heavy atom. The van der Waals surface area contributed by atoms with Crippen molar-refractivity contribution in [3.8, 4) is 0 Å². The molecule has 0 saturated carbocycles. The van der Waals surface area contributed by atoms with Crippen molar-refractivity contribution in [1.29, 1.82) is 0 Å². The Hall–Kier alpha value is -0.395. The molecule has 0 aromatic heterocycles. The zero-order valence-corrected chi connectivity index (χ0v) is 11.5. The molecule has 0 radical (unpaired) electrons. The topological polar surface area (TPSA) is 3.24 Å². The van der Waals surface area contributed by atoms with Crippen molar-refractivity contribution >= 4 is 7.28 Å². The molecule has 1 rings (SSSR count). The quantitative estimate of drug-likeness (QED) is 0.596. The maximum absolute atomic E-state index is 2.62. The smallest absolute Gasteiger partial charge is 0.152 e. The zero-order chi connectivity index (χ0) is 11.7. The van der Waals surface area contributed by atoms with Gasteiger partial charge in [-0.05, 0) is 39.6 Å². The Balaban J connectivity index is 3.07. The molecule has 1 heterocycles. The standard InChI is InChI=1S/C13H26BN/c1-8(2)13-10(5)11(6)14-12(7)15(13)9(3)4/h9-12,14H,1-7H3. The molecular weight excluding hydrogens is 181 g/mol. The molecule has 1 aliphatic rings. The summed E-state index contributed by atoms with van der Waals surface area (Å²) in [5.74, 6) is 2.23. The Morgan fingerprint density at radius 1 is 1.20 bits per heavy atom. The van der Waals surface area contributed by atoms with Crippen LogP contribution in [0.1, 0.15) is 48.5 Å². The lowest BCUT2D eigenvalue weighted by Gasteiger charge is -2.47. The minimum Gasteiger partial charge on any atom is -0.377 e. The van der Waals surface area contributed by atoms with Gasteiger partial charge in [0.1, 0.15) is 0 Å². The van der Waals surface area contributed by atoms with E-state index >= 15 is 0 Å². The van der Waals surface area contributed by atoms with Gasteiger partial charge in [0.2, 0.25) is 0 Å². The van der Waals surface area contributed by atoms with Gasteiger partial charge < -0.3 is 4.90 Å². The zero-order valence-electron chi connectivity index (χ0n) is 11.5. The highest BCUT2D eigenvalue weighted by atomic mass is 15.2. The molecule has 0 bridgehead atoms. The summed E-state index contributed by atoms with van der Waals surface area (Å²) in [7, 11) is 1.33. The lowest BCUT2D eigenvalue weighted by molar-refractivity contribution is 0.219. The Bertz CT molecular complexity index is 253. The minimum atomic E-state index is 0.625. The van der Waals surface area contributed by atoms with Crippen LogP contribution in [0.3, 0.4) is 0 Å². The summed E-state index contributed by atoms with van der Waals surface area (Å²) in [6.07, 6.45) is 0. The van der Waals surface area contributed by atoms with E-state index in [-0.39, 0.29) is 0 Å². The molecule has 0 N–H and O–H groups in total. The first kappa shape index (κ1) is 12.7. The first-order chi connectivity index (χ1) is 6.86. The van der Waals surface area contributed by atoms with Crippen LogP contribution in [0, 0.1) is 5.92 Å². The summed E-state index contributed by atoms with van der Waals surface area (Å²) < 4.78 is 0. The van der Waals surface area contributed by atoms with Crippen molar-refractivity contribution in [1.82, 2.24) is 4.90 Å². The summed E-state index contributed by atoms with van der Waals surface area (Å²) in [5, 5.41) is 0. The largest absolute Gasteiger partial charge is 0.377 e. The van der Waals surface area contributed by atoms with Gasteiger partial charge >= 0.3 is 0 Å². The molecular formula is C13H26BN. The highest BCUT2D eigenvalue weighted by Crippen LogP contribution is 2.37. The highest BCUT2D eigenvalue weighted by Gasteiger charge is 2.34. The van der Waals surface area contributed by atoms with E-state index < -0.39 is 0 Å². The Labute approximate surface area is 96.2 Å². The van der Waals surface area contributed by atoms with E-state index in [4.69, 9.17) is 0 Å². The Kier molecular flexibility index (Phi) is 3.91. The van der Waals surface area contributed by atoms with E-state index in [1.807, 2.05) is 0 Å². The van der Waals surface area contributed by atoms with Gasteiger partial charge in [-0.3, -0.25) is 0 Å². The van der Waals surface area contributed by atoms with Crippen LogP contribution < -0.4 is 0 Å². The summed E-state index contributed by atoms with van der Waals surface area (Å²) in [4.78, 5) is 2.62.